The Labute approximate surface area is 158 Å². The first-order valence-corrected chi connectivity index (χ1v) is 9.47. The van der Waals surface area contributed by atoms with Crippen LogP contribution < -0.4 is 10.2 Å². The number of carbonyl (C=O) groups is 2. The molecule has 0 saturated heterocycles. The van der Waals surface area contributed by atoms with Crippen molar-refractivity contribution in [2.45, 2.75) is 51.2 Å². The highest BCUT2D eigenvalue weighted by Crippen LogP contribution is 2.33. The van der Waals surface area contributed by atoms with Gasteiger partial charge in [-0.1, -0.05) is 18.2 Å². The zero-order valence-corrected chi connectivity index (χ0v) is 15.4. The first kappa shape index (κ1) is 17.6. The number of amides is 1. The monoisotopic (exact) mass is 368 g/mol. The Morgan fingerprint density at radius 2 is 2.07 bits per heavy atom. The maximum Gasteiger partial charge on any atom is 0.306 e. The van der Waals surface area contributed by atoms with E-state index in [-0.39, 0.29) is 17.9 Å². The van der Waals surface area contributed by atoms with E-state index in [1.807, 2.05) is 12.1 Å². The van der Waals surface area contributed by atoms with Crippen LogP contribution in [0.1, 0.15) is 47.9 Å². The third-order valence-electron chi connectivity index (χ3n) is 5.77. The molecule has 2 heterocycles. The van der Waals surface area contributed by atoms with E-state index in [0.29, 0.717) is 43.2 Å². The fourth-order valence-corrected chi connectivity index (χ4v) is 4.29. The van der Waals surface area contributed by atoms with Gasteiger partial charge in [-0.2, -0.15) is 0 Å². The number of carboxylic acid groups (broad SMARTS) is 1. The molecule has 6 heteroatoms. The van der Waals surface area contributed by atoms with E-state index in [4.69, 9.17) is 9.52 Å². The standard InChI is InChI=1S/C21H24N2O4/c1-13-10-14-4-2-3-5-18(14)23(13)12-19-17(8-9-27-19)20(24)22-16-7-6-15(11-16)21(25)26/h2-5,8-9,13,15-16H,6-7,10-12H2,1H3,(H,22,24)(H,25,26)/t13?,15-,16+/m1/s1. The molecule has 0 radical (unpaired) electrons. The molecule has 1 aromatic heterocycles. The fraction of sp³-hybridized carbons (Fsp3) is 0.429. The van der Waals surface area contributed by atoms with Crippen molar-refractivity contribution in [1.82, 2.24) is 5.32 Å². The van der Waals surface area contributed by atoms with E-state index in [2.05, 4.69) is 29.3 Å². The summed E-state index contributed by atoms with van der Waals surface area (Å²) in [6, 6.07) is 10.3. The lowest BCUT2D eigenvalue weighted by molar-refractivity contribution is -0.141. The highest BCUT2D eigenvalue weighted by atomic mass is 16.4. The van der Waals surface area contributed by atoms with Crippen LogP contribution in [0.4, 0.5) is 5.69 Å². The zero-order valence-electron chi connectivity index (χ0n) is 15.4. The highest BCUT2D eigenvalue weighted by molar-refractivity contribution is 5.95. The van der Waals surface area contributed by atoms with Crippen molar-refractivity contribution < 1.29 is 19.1 Å². The van der Waals surface area contributed by atoms with E-state index < -0.39 is 5.97 Å². The number of furan rings is 1. The van der Waals surface area contributed by atoms with Crippen molar-refractivity contribution in [3.63, 3.8) is 0 Å². The molecule has 2 aliphatic rings. The van der Waals surface area contributed by atoms with Crippen LogP contribution in [0.3, 0.4) is 0 Å². The van der Waals surface area contributed by atoms with Crippen LogP contribution in [0, 0.1) is 5.92 Å². The molecule has 0 spiro atoms. The van der Waals surface area contributed by atoms with Gasteiger partial charge in [-0.15, -0.1) is 0 Å². The maximum absolute atomic E-state index is 12.7. The Balaban J connectivity index is 1.46. The van der Waals surface area contributed by atoms with E-state index >= 15 is 0 Å². The number of anilines is 1. The van der Waals surface area contributed by atoms with Gasteiger partial charge in [0.05, 0.1) is 24.3 Å². The minimum absolute atomic E-state index is 0.0900. The molecule has 0 bridgehead atoms. The van der Waals surface area contributed by atoms with Crippen LogP contribution in [0.2, 0.25) is 0 Å². The number of benzene rings is 1. The number of aliphatic carboxylic acids is 1. The summed E-state index contributed by atoms with van der Waals surface area (Å²) in [5, 5.41) is 12.1. The molecule has 1 aromatic carbocycles. The molecule has 3 atom stereocenters. The number of carbonyl (C=O) groups excluding carboxylic acids is 1. The quantitative estimate of drug-likeness (QED) is 0.847. The molecule has 1 amide bonds. The van der Waals surface area contributed by atoms with Crippen LogP contribution in [-0.2, 0) is 17.8 Å². The van der Waals surface area contributed by atoms with Crippen LogP contribution in [0.25, 0.3) is 0 Å². The zero-order chi connectivity index (χ0) is 19.0. The average Bonchev–Trinajstić information content (AvgIpc) is 3.35. The van der Waals surface area contributed by atoms with Gasteiger partial charge in [0.1, 0.15) is 5.76 Å². The minimum atomic E-state index is -0.780. The summed E-state index contributed by atoms with van der Waals surface area (Å²) in [4.78, 5) is 26.1. The molecule has 2 aromatic rings. The molecule has 1 aliphatic heterocycles. The third kappa shape index (κ3) is 3.44. The number of carboxylic acids is 1. The predicted molar refractivity (Wildman–Crippen MR) is 101 cm³/mol. The Kier molecular flexibility index (Phi) is 4.64. The fourth-order valence-electron chi connectivity index (χ4n) is 4.29. The van der Waals surface area contributed by atoms with Gasteiger partial charge in [-0.05, 0) is 50.3 Å². The third-order valence-corrected chi connectivity index (χ3v) is 5.77. The number of nitrogens with one attached hydrogen (secondary N) is 1. The smallest absolute Gasteiger partial charge is 0.306 e. The first-order chi connectivity index (χ1) is 13.0. The van der Waals surface area contributed by atoms with Crippen molar-refractivity contribution in [2.75, 3.05) is 4.90 Å². The summed E-state index contributed by atoms with van der Waals surface area (Å²) < 4.78 is 5.64. The molecule has 1 unspecified atom stereocenters. The van der Waals surface area contributed by atoms with Crippen LogP contribution in [-0.4, -0.2) is 29.1 Å². The molecule has 6 nitrogen and oxygen atoms in total. The van der Waals surface area contributed by atoms with Crippen molar-refractivity contribution >= 4 is 17.6 Å². The molecule has 2 N–H and O–H groups in total. The van der Waals surface area contributed by atoms with Gasteiger partial charge >= 0.3 is 5.97 Å². The maximum atomic E-state index is 12.7. The summed E-state index contributed by atoms with van der Waals surface area (Å²) in [5.74, 6) is -0.683. The van der Waals surface area contributed by atoms with Crippen molar-refractivity contribution in [1.29, 1.82) is 0 Å². The summed E-state index contributed by atoms with van der Waals surface area (Å²) in [6.07, 6.45) is 4.33. The van der Waals surface area contributed by atoms with Crippen molar-refractivity contribution in [2.24, 2.45) is 5.92 Å². The second kappa shape index (κ2) is 7.10. The number of nitrogens with zero attached hydrogens (tertiary/aromatic N) is 1. The van der Waals surface area contributed by atoms with Crippen molar-refractivity contribution in [3.8, 4) is 0 Å². The Morgan fingerprint density at radius 3 is 2.85 bits per heavy atom. The molecule has 1 aliphatic carbocycles. The number of fused-ring (bicyclic) bond motifs is 1. The number of hydrogen-bond donors (Lipinski definition) is 2. The second-order valence-corrected chi connectivity index (χ2v) is 7.59. The normalized spacial score (nSPS) is 24.0. The van der Waals surface area contributed by atoms with E-state index in [0.717, 1.165) is 6.42 Å². The lowest BCUT2D eigenvalue weighted by Gasteiger charge is -2.24. The molecule has 142 valence electrons. The van der Waals surface area contributed by atoms with Gasteiger partial charge in [0.2, 0.25) is 0 Å². The summed E-state index contributed by atoms with van der Waals surface area (Å²) in [7, 11) is 0. The number of para-hydroxylation sites is 1. The number of rotatable bonds is 5. The molecule has 1 fully saturated rings. The number of hydrogen-bond acceptors (Lipinski definition) is 4. The molecule has 4 rings (SSSR count). The van der Waals surface area contributed by atoms with Crippen LogP contribution in [0.5, 0.6) is 0 Å². The largest absolute Gasteiger partial charge is 0.481 e. The minimum Gasteiger partial charge on any atom is -0.481 e. The van der Waals surface area contributed by atoms with E-state index in [1.54, 1.807) is 12.3 Å². The van der Waals surface area contributed by atoms with Crippen LogP contribution >= 0.6 is 0 Å². The highest BCUT2D eigenvalue weighted by Gasteiger charge is 2.32. The van der Waals surface area contributed by atoms with Crippen molar-refractivity contribution in [3.05, 3.63) is 53.5 Å². The molecular formula is C21H24N2O4. The Morgan fingerprint density at radius 1 is 1.26 bits per heavy atom. The predicted octanol–water partition coefficient (Wildman–Crippen LogP) is 3.21. The molecule has 27 heavy (non-hydrogen) atoms. The van der Waals surface area contributed by atoms with Gasteiger partial charge in [-0.3, -0.25) is 9.59 Å². The van der Waals surface area contributed by atoms with Gasteiger partial charge in [0.25, 0.3) is 5.91 Å². The second-order valence-electron chi connectivity index (χ2n) is 7.59. The average molecular weight is 368 g/mol. The lowest BCUT2D eigenvalue weighted by Crippen LogP contribution is -2.34. The molecular weight excluding hydrogens is 344 g/mol. The first-order valence-electron chi connectivity index (χ1n) is 9.47. The Bertz CT molecular complexity index is 859. The SMILES string of the molecule is CC1Cc2ccccc2N1Cc1occc1C(=O)N[C@H]1CC[C@@H](C(=O)O)C1. The van der Waals surface area contributed by atoms with Crippen LogP contribution in [0.15, 0.2) is 41.0 Å². The van der Waals surface area contributed by atoms with E-state index in [1.165, 1.54) is 11.3 Å². The molecule has 1 saturated carbocycles. The van der Waals surface area contributed by atoms with Gasteiger partial charge in [0, 0.05) is 17.8 Å². The van der Waals surface area contributed by atoms with E-state index in [9.17, 15) is 9.59 Å². The lowest BCUT2D eigenvalue weighted by atomic mass is 10.1. The summed E-state index contributed by atoms with van der Waals surface area (Å²) in [6.45, 7) is 2.71. The van der Waals surface area contributed by atoms with Gasteiger partial charge in [-0.25, -0.2) is 0 Å². The Hall–Kier alpha value is -2.76. The summed E-state index contributed by atoms with van der Waals surface area (Å²) in [5.41, 5.74) is 3.03. The topological polar surface area (TPSA) is 82.8 Å². The summed E-state index contributed by atoms with van der Waals surface area (Å²) >= 11 is 0. The van der Waals surface area contributed by atoms with Gasteiger partial charge in [0.15, 0.2) is 0 Å². The van der Waals surface area contributed by atoms with Gasteiger partial charge < -0.3 is 19.7 Å².